The van der Waals surface area contributed by atoms with Gasteiger partial charge in [0.2, 0.25) is 10.0 Å². The Morgan fingerprint density at radius 1 is 1.09 bits per heavy atom. The largest absolute Gasteiger partial charge is 0.496 e. The molecule has 0 radical (unpaired) electrons. The smallest absolute Gasteiger partial charge is 0.255 e. The highest BCUT2D eigenvalue weighted by atomic mass is 32.2. The molecule has 2 aromatic carbocycles. The molecule has 7 heteroatoms. The summed E-state index contributed by atoms with van der Waals surface area (Å²) in [6.45, 7) is 4.40. The van der Waals surface area contributed by atoms with Crippen LogP contribution in [0.15, 0.2) is 65.6 Å². The highest BCUT2D eigenvalue weighted by Gasteiger charge is 2.40. The molecule has 0 saturated carbocycles. The molecule has 1 unspecified atom stereocenters. The summed E-state index contributed by atoms with van der Waals surface area (Å²) < 4.78 is 31.0. The topological polar surface area (TPSA) is 88.3 Å². The Kier molecular flexibility index (Phi) is 5.93. The fourth-order valence-electron chi connectivity index (χ4n) is 4.74. The Labute approximate surface area is 194 Å². The van der Waals surface area contributed by atoms with Gasteiger partial charge < -0.3 is 9.72 Å². The van der Waals surface area contributed by atoms with E-state index >= 15 is 0 Å². The van der Waals surface area contributed by atoms with Crippen molar-refractivity contribution in [3.05, 3.63) is 87.8 Å². The lowest BCUT2D eigenvalue weighted by Crippen LogP contribution is -2.14. The van der Waals surface area contributed by atoms with Gasteiger partial charge in [-0.05, 0) is 58.9 Å². The van der Waals surface area contributed by atoms with Crippen LogP contribution in [-0.4, -0.2) is 26.8 Å². The first kappa shape index (κ1) is 22.9. The number of hydrogen-bond donors (Lipinski definition) is 2. The van der Waals surface area contributed by atoms with Crippen LogP contribution in [0.5, 0.6) is 5.75 Å². The number of allylic oxidation sites excluding steroid dienone is 1. The fourth-order valence-corrected chi connectivity index (χ4v) is 5.31. The molecule has 0 saturated heterocycles. The maximum absolute atomic E-state index is 12.6. The molecule has 0 bridgehead atoms. The molecule has 172 valence electrons. The van der Waals surface area contributed by atoms with Gasteiger partial charge in [-0.1, -0.05) is 44.2 Å². The Balaban J connectivity index is 1.76. The first-order chi connectivity index (χ1) is 15.6. The number of sulfonamides is 1. The number of methoxy groups -OCH3 is 1. The van der Waals surface area contributed by atoms with Gasteiger partial charge in [0.25, 0.3) is 5.56 Å². The highest BCUT2D eigenvalue weighted by molar-refractivity contribution is 7.92. The summed E-state index contributed by atoms with van der Waals surface area (Å²) in [7, 11) is -1.63. The number of aromatic nitrogens is 1. The molecule has 0 fully saturated rings. The van der Waals surface area contributed by atoms with Crippen molar-refractivity contribution in [2.24, 2.45) is 0 Å². The van der Waals surface area contributed by atoms with E-state index in [0.29, 0.717) is 11.3 Å². The molecule has 1 aliphatic rings. The Bertz CT molecular complexity index is 1370. The van der Waals surface area contributed by atoms with E-state index in [-0.39, 0.29) is 16.9 Å². The third-order valence-electron chi connectivity index (χ3n) is 6.05. The Hall–Kier alpha value is -3.32. The monoisotopic (exact) mass is 464 g/mol. The molecule has 1 aromatic heterocycles. The van der Waals surface area contributed by atoms with E-state index in [9.17, 15) is 13.2 Å². The summed E-state index contributed by atoms with van der Waals surface area (Å²) in [5.74, 6) is 0.923. The van der Waals surface area contributed by atoms with Crippen LogP contribution >= 0.6 is 0 Å². The normalized spacial score (nSPS) is 17.2. The summed E-state index contributed by atoms with van der Waals surface area (Å²) in [6.07, 6.45) is 7.85. The van der Waals surface area contributed by atoms with Crippen molar-refractivity contribution in [2.45, 2.75) is 31.6 Å². The second-order valence-corrected chi connectivity index (χ2v) is 10.8. The van der Waals surface area contributed by atoms with Gasteiger partial charge in [-0.15, -0.1) is 0 Å². The molecule has 1 aliphatic carbocycles. The summed E-state index contributed by atoms with van der Waals surface area (Å²) in [5, 5.41) is 0. The predicted octanol–water partition coefficient (Wildman–Crippen LogP) is 4.90. The average molecular weight is 465 g/mol. The van der Waals surface area contributed by atoms with Crippen molar-refractivity contribution in [3.8, 4) is 16.9 Å². The van der Waals surface area contributed by atoms with Gasteiger partial charge in [-0.3, -0.25) is 9.52 Å². The zero-order valence-electron chi connectivity index (χ0n) is 19.2. The van der Waals surface area contributed by atoms with E-state index in [0.717, 1.165) is 40.7 Å². The molecule has 6 nitrogen and oxygen atoms in total. The Morgan fingerprint density at radius 3 is 2.45 bits per heavy atom. The summed E-state index contributed by atoms with van der Waals surface area (Å²) in [5.41, 5.74) is 5.04. The maximum atomic E-state index is 12.6. The highest BCUT2D eigenvalue weighted by Crippen LogP contribution is 2.53. The van der Waals surface area contributed by atoms with Crippen LogP contribution in [-0.2, 0) is 15.4 Å². The van der Waals surface area contributed by atoms with Gasteiger partial charge >= 0.3 is 0 Å². The molecule has 33 heavy (non-hydrogen) atoms. The number of pyridine rings is 1. The van der Waals surface area contributed by atoms with Gasteiger partial charge in [-0.2, -0.15) is 0 Å². The number of ether oxygens (including phenoxy) is 1. The van der Waals surface area contributed by atoms with Gasteiger partial charge in [0.15, 0.2) is 0 Å². The van der Waals surface area contributed by atoms with Crippen LogP contribution in [0.25, 0.3) is 17.2 Å². The van der Waals surface area contributed by atoms with E-state index in [4.69, 9.17) is 4.74 Å². The van der Waals surface area contributed by atoms with E-state index in [1.165, 1.54) is 0 Å². The number of nitrogens with one attached hydrogen (secondary N) is 2. The molecule has 0 amide bonds. The quantitative estimate of drug-likeness (QED) is 0.543. The van der Waals surface area contributed by atoms with Crippen molar-refractivity contribution in [1.82, 2.24) is 4.98 Å². The number of anilines is 1. The molecular weight excluding hydrogens is 436 g/mol. The number of fused-ring (bicyclic) bond motifs is 1. The van der Waals surface area contributed by atoms with Gasteiger partial charge in [0, 0.05) is 28.9 Å². The first-order valence-electron chi connectivity index (χ1n) is 10.7. The molecule has 1 atom stereocenters. The maximum Gasteiger partial charge on any atom is 0.255 e. The molecule has 2 N–H and O–H groups in total. The number of H-pyrrole nitrogens is 1. The third kappa shape index (κ3) is 4.73. The number of aromatic amines is 1. The molecule has 3 aromatic rings. The number of benzene rings is 2. The van der Waals surface area contributed by atoms with Crippen LogP contribution in [0.4, 0.5) is 5.69 Å². The van der Waals surface area contributed by atoms with Gasteiger partial charge in [-0.25, -0.2) is 8.42 Å². The summed E-state index contributed by atoms with van der Waals surface area (Å²) in [6, 6.07) is 14.8. The summed E-state index contributed by atoms with van der Waals surface area (Å²) >= 11 is 0. The lowest BCUT2D eigenvalue weighted by molar-refractivity contribution is 0.394. The van der Waals surface area contributed by atoms with E-state index < -0.39 is 10.0 Å². The van der Waals surface area contributed by atoms with E-state index in [1.807, 2.05) is 42.5 Å². The third-order valence-corrected chi connectivity index (χ3v) is 6.65. The minimum atomic E-state index is -3.31. The predicted molar refractivity (Wildman–Crippen MR) is 133 cm³/mol. The van der Waals surface area contributed by atoms with Crippen LogP contribution in [0, 0.1) is 0 Å². The van der Waals surface area contributed by atoms with Crippen LogP contribution in [0.1, 0.15) is 42.9 Å². The second kappa shape index (κ2) is 8.56. The fraction of sp³-hybridized carbons (Fsp3) is 0.269. The van der Waals surface area contributed by atoms with Crippen LogP contribution in [0.2, 0.25) is 0 Å². The SMILES string of the molecule is COc1ccc(-c2ccc[nH]c2=O)c2c1C(C)(C)CC2C=Cc1ccc(NS(C)(=O)=O)cc1. The van der Waals surface area contributed by atoms with Crippen LogP contribution < -0.4 is 15.0 Å². The second-order valence-electron chi connectivity index (χ2n) is 9.07. The summed E-state index contributed by atoms with van der Waals surface area (Å²) in [4.78, 5) is 15.4. The molecule has 0 aliphatic heterocycles. The minimum absolute atomic E-state index is 0.0912. The molecule has 4 rings (SSSR count). The van der Waals surface area contributed by atoms with Gasteiger partial charge in [0.1, 0.15) is 5.75 Å². The number of hydrogen-bond acceptors (Lipinski definition) is 4. The van der Waals surface area contributed by atoms with E-state index in [1.54, 1.807) is 25.4 Å². The van der Waals surface area contributed by atoms with Crippen molar-refractivity contribution < 1.29 is 13.2 Å². The van der Waals surface area contributed by atoms with Gasteiger partial charge in [0.05, 0.1) is 13.4 Å². The van der Waals surface area contributed by atoms with Crippen molar-refractivity contribution in [3.63, 3.8) is 0 Å². The van der Waals surface area contributed by atoms with E-state index in [2.05, 4.69) is 29.6 Å². The van der Waals surface area contributed by atoms with Crippen molar-refractivity contribution in [2.75, 3.05) is 18.1 Å². The van der Waals surface area contributed by atoms with Crippen molar-refractivity contribution >= 4 is 21.8 Å². The minimum Gasteiger partial charge on any atom is -0.496 e. The lowest BCUT2D eigenvalue weighted by atomic mass is 9.84. The zero-order chi connectivity index (χ0) is 23.8. The van der Waals surface area contributed by atoms with Crippen LogP contribution in [0.3, 0.4) is 0 Å². The standard InChI is InChI=1S/C26H28N2O4S/c1-26(2)16-18(10-7-17-8-11-19(12-9-17)28-33(4,30)31)23-20(13-14-22(32-3)24(23)26)21-6-5-15-27-25(21)29/h5-15,18,28H,16H2,1-4H3,(H,27,29). The molecule has 1 heterocycles. The first-order valence-corrected chi connectivity index (χ1v) is 12.6. The molecule has 0 spiro atoms. The zero-order valence-corrected chi connectivity index (χ0v) is 20.0. The Morgan fingerprint density at radius 2 is 1.82 bits per heavy atom. The number of rotatable bonds is 6. The lowest BCUT2D eigenvalue weighted by Gasteiger charge is -2.22. The average Bonchev–Trinajstić information content (AvgIpc) is 3.03. The van der Waals surface area contributed by atoms with Crippen molar-refractivity contribution in [1.29, 1.82) is 0 Å². The molecular formula is C26H28N2O4S.